The minimum atomic E-state index is -0.213. The number of carbonyl (C=O) groups is 2. The highest BCUT2D eigenvalue weighted by Gasteiger charge is 2.25. The van der Waals surface area contributed by atoms with Crippen LogP contribution in [0.15, 0.2) is 159 Å². The number of nitrogens with two attached hydrogens (primary N) is 1. The number of anilines is 10. The zero-order valence-electron chi connectivity index (χ0n) is 47.4. The van der Waals surface area contributed by atoms with Gasteiger partial charge in [0.15, 0.2) is 22.6 Å². The van der Waals surface area contributed by atoms with Crippen molar-refractivity contribution in [2.75, 3.05) is 69.3 Å². The predicted molar refractivity (Wildman–Crippen MR) is 333 cm³/mol. The minimum Gasteiger partial charge on any atom is -0.356 e. The Balaban J connectivity index is 0.000000198. The molecule has 1 aliphatic heterocycles. The van der Waals surface area contributed by atoms with Crippen LogP contribution >= 0.6 is 0 Å². The van der Waals surface area contributed by atoms with E-state index in [-0.39, 0.29) is 23.9 Å². The molecule has 0 bridgehead atoms. The molecular formula is C62H74N18O2. The summed E-state index contributed by atoms with van der Waals surface area (Å²) in [5.74, 6) is 1.96. The van der Waals surface area contributed by atoms with E-state index in [0.29, 0.717) is 81.7 Å². The van der Waals surface area contributed by atoms with E-state index >= 15 is 0 Å². The molecule has 82 heavy (non-hydrogen) atoms. The molecule has 0 radical (unpaired) electrons. The standard InChI is InChI=1S/C32H39N9O.C30H35N9O/c1-6-21(3)34-24-13-11-23(12-14-24)30(42)35-26-9-8-10-27(19-26)37-32-39-31(38-29-22(7-2)20-33-41(29)32)36-25-15-17-28(18-16-25)40(4)5;1-5-20(4)33-23-13-11-21(12-14-23)29(40)35-25-10-6-9-24(16-25)34-27-26-28(39(18-32-26)19(2)3)37-30(36-27)38-15-7-8-22(31)17-38/h6,8-14,19-20,25,28,34H,1,3,7,15-18H2,2,4-5H3,(H,35,42)(H2,36,37,38,39);5-6,9-14,16,18-19,22,33H,1,4,7-8,15,17,31H2,2-3H3,(H,35,40)(H,34,36,37). The van der Waals surface area contributed by atoms with Gasteiger partial charge in [-0.25, -0.2) is 4.98 Å². The first-order valence-corrected chi connectivity index (χ1v) is 27.8. The number of hydrogen-bond donors (Lipinski definition) is 8. The van der Waals surface area contributed by atoms with Crippen molar-refractivity contribution in [3.05, 3.63) is 176 Å². The molecule has 5 heterocycles. The Labute approximate surface area is 479 Å². The Kier molecular flexibility index (Phi) is 18.3. The number of nitrogens with zero attached hydrogens (tertiary/aromatic N) is 10. The average molecular weight is 1100 g/mol. The number of amides is 2. The molecule has 4 aromatic heterocycles. The Morgan fingerprint density at radius 2 is 1.30 bits per heavy atom. The number of rotatable bonds is 20. The fourth-order valence-electron chi connectivity index (χ4n) is 9.84. The largest absolute Gasteiger partial charge is 0.356 e. The van der Waals surface area contributed by atoms with Crippen molar-refractivity contribution in [3.8, 4) is 0 Å². The van der Waals surface area contributed by atoms with Crippen LogP contribution in [-0.2, 0) is 6.42 Å². The molecule has 1 saturated heterocycles. The van der Waals surface area contributed by atoms with Crippen LogP contribution in [-0.4, -0.2) is 101 Å². The molecule has 8 aromatic rings. The SMILES string of the molecule is C=CC(=C)Nc1ccc(C(=O)Nc2cccc(Nc3nc(N4CCCC(N)C4)nc4c3ncn4C(C)C)c2)cc1.C=CC(=C)Nc1ccc(C(=O)Nc2cccc(Nc3nc(NC4CCC(N(C)C)CC4)nc4c(CC)cnn34)c2)cc1. The number of carbonyl (C=O) groups excluding carboxylic acids is 2. The third kappa shape index (κ3) is 14.3. The lowest BCUT2D eigenvalue weighted by Crippen LogP contribution is -2.43. The first-order chi connectivity index (χ1) is 39.6. The van der Waals surface area contributed by atoms with Gasteiger partial charge in [-0.15, -0.1) is 0 Å². The second-order valence-electron chi connectivity index (χ2n) is 21.1. The maximum atomic E-state index is 12.9. The number of piperidine rings is 1. The van der Waals surface area contributed by atoms with Gasteiger partial charge in [0.25, 0.3) is 11.8 Å². The number of fused-ring (bicyclic) bond motifs is 2. The van der Waals surface area contributed by atoms with Crippen molar-refractivity contribution in [2.45, 2.75) is 89.9 Å². The van der Waals surface area contributed by atoms with Gasteiger partial charge in [0.1, 0.15) is 0 Å². The lowest BCUT2D eigenvalue weighted by atomic mass is 9.91. The maximum absolute atomic E-state index is 12.9. The molecule has 2 aliphatic rings. The third-order valence-corrected chi connectivity index (χ3v) is 14.4. The molecule has 20 nitrogen and oxygen atoms in total. The van der Waals surface area contributed by atoms with Gasteiger partial charge >= 0.3 is 0 Å². The molecule has 4 aromatic carbocycles. The van der Waals surface area contributed by atoms with Gasteiger partial charge < -0.3 is 57.3 Å². The van der Waals surface area contributed by atoms with Crippen molar-refractivity contribution in [2.24, 2.45) is 5.73 Å². The van der Waals surface area contributed by atoms with E-state index in [0.717, 1.165) is 91.1 Å². The monoisotopic (exact) mass is 1100 g/mol. The van der Waals surface area contributed by atoms with Crippen LogP contribution in [0.1, 0.15) is 91.6 Å². The van der Waals surface area contributed by atoms with Crippen LogP contribution in [0.3, 0.4) is 0 Å². The van der Waals surface area contributed by atoms with E-state index in [4.69, 9.17) is 25.7 Å². The van der Waals surface area contributed by atoms with Gasteiger partial charge in [0, 0.05) is 99.5 Å². The predicted octanol–water partition coefficient (Wildman–Crippen LogP) is 11.5. The van der Waals surface area contributed by atoms with Gasteiger partial charge in [-0.2, -0.15) is 29.5 Å². The molecule has 1 aliphatic carbocycles. The van der Waals surface area contributed by atoms with Gasteiger partial charge in [-0.05, 0) is 170 Å². The topological polar surface area (TPSA) is 238 Å². The number of hydrogen-bond acceptors (Lipinski definition) is 16. The van der Waals surface area contributed by atoms with Crippen molar-refractivity contribution in [1.29, 1.82) is 0 Å². The Morgan fingerprint density at radius 3 is 1.85 bits per heavy atom. The van der Waals surface area contributed by atoms with Crippen LogP contribution in [0.2, 0.25) is 0 Å². The molecule has 2 fully saturated rings. The fraction of sp³-hybridized carbons (Fsp3) is 0.290. The highest BCUT2D eigenvalue weighted by molar-refractivity contribution is 6.05. The molecule has 20 heteroatoms. The van der Waals surface area contributed by atoms with E-state index in [1.165, 1.54) is 0 Å². The van der Waals surface area contributed by atoms with Gasteiger partial charge in [-0.3, -0.25) is 9.59 Å². The summed E-state index contributed by atoms with van der Waals surface area (Å²) in [5.41, 5.74) is 16.5. The van der Waals surface area contributed by atoms with Crippen LogP contribution in [0.5, 0.6) is 0 Å². The molecule has 1 atom stereocenters. The van der Waals surface area contributed by atoms with E-state index in [9.17, 15) is 9.59 Å². The molecular weight excluding hydrogens is 1030 g/mol. The lowest BCUT2D eigenvalue weighted by Gasteiger charge is -2.33. The Morgan fingerprint density at radius 1 is 0.720 bits per heavy atom. The Hall–Kier alpha value is -9.40. The number of nitrogens with one attached hydrogen (secondary N) is 7. The van der Waals surface area contributed by atoms with Crippen molar-refractivity contribution < 1.29 is 9.59 Å². The third-order valence-electron chi connectivity index (χ3n) is 14.4. The summed E-state index contributed by atoms with van der Waals surface area (Å²) in [7, 11) is 4.30. The summed E-state index contributed by atoms with van der Waals surface area (Å²) in [6.45, 7) is 22.9. The molecule has 424 valence electrons. The van der Waals surface area contributed by atoms with Gasteiger partial charge in [0.05, 0.1) is 12.5 Å². The number of allylic oxidation sites excluding steroid dienone is 2. The molecule has 10 rings (SSSR count). The first-order valence-electron chi connectivity index (χ1n) is 27.8. The maximum Gasteiger partial charge on any atom is 0.255 e. The van der Waals surface area contributed by atoms with Crippen LogP contribution in [0.4, 0.5) is 57.8 Å². The normalized spacial score (nSPS) is 16.0. The molecule has 9 N–H and O–H groups in total. The van der Waals surface area contributed by atoms with E-state index in [1.54, 1.807) is 47.3 Å². The summed E-state index contributed by atoms with van der Waals surface area (Å²) in [5, 5.41) is 27.1. The zero-order chi connectivity index (χ0) is 57.9. The van der Waals surface area contributed by atoms with Crippen molar-refractivity contribution in [3.63, 3.8) is 0 Å². The fourth-order valence-corrected chi connectivity index (χ4v) is 9.84. The molecule has 1 saturated carbocycles. The second kappa shape index (κ2) is 26.2. The van der Waals surface area contributed by atoms with Gasteiger partial charge in [-0.1, -0.05) is 45.4 Å². The van der Waals surface area contributed by atoms with Crippen LogP contribution in [0, 0.1) is 0 Å². The van der Waals surface area contributed by atoms with E-state index < -0.39 is 0 Å². The van der Waals surface area contributed by atoms with E-state index in [1.807, 2.05) is 83.6 Å². The summed E-state index contributed by atoms with van der Waals surface area (Å²) >= 11 is 0. The number of aromatic nitrogens is 8. The Bertz CT molecular complexity index is 3580. The molecule has 2 amide bonds. The van der Waals surface area contributed by atoms with Crippen LogP contribution < -0.4 is 47.9 Å². The van der Waals surface area contributed by atoms with E-state index in [2.05, 4.69) is 118 Å². The van der Waals surface area contributed by atoms with Crippen LogP contribution in [0.25, 0.3) is 16.8 Å². The highest BCUT2D eigenvalue weighted by atomic mass is 16.2. The second-order valence-corrected chi connectivity index (χ2v) is 21.1. The lowest BCUT2D eigenvalue weighted by molar-refractivity contribution is 0.101. The summed E-state index contributed by atoms with van der Waals surface area (Å²) in [4.78, 5) is 54.3. The zero-order valence-corrected chi connectivity index (χ0v) is 47.4. The summed E-state index contributed by atoms with van der Waals surface area (Å²) in [6.07, 6.45) is 14.2. The average Bonchev–Trinajstić information content (AvgIpc) is 4.10. The smallest absolute Gasteiger partial charge is 0.255 e. The molecule has 0 spiro atoms. The minimum absolute atomic E-state index is 0.0961. The highest BCUT2D eigenvalue weighted by Crippen LogP contribution is 2.31. The number of imidazole rings is 1. The number of benzene rings is 4. The van der Waals surface area contributed by atoms with Gasteiger partial charge in [0.2, 0.25) is 17.8 Å². The van der Waals surface area contributed by atoms with Crippen molar-refractivity contribution in [1.82, 2.24) is 44.0 Å². The van der Waals surface area contributed by atoms with Crippen molar-refractivity contribution >= 4 is 86.4 Å². The first kappa shape index (κ1) is 57.3. The summed E-state index contributed by atoms with van der Waals surface area (Å²) < 4.78 is 3.77. The number of aryl methyl sites for hydroxylation is 1. The molecule has 1 unspecified atom stereocenters. The quantitative estimate of drug-likeness (QED) is 0.0331. The summed E-state index contributed by atoms with van der Waals surface area (Å²) in [6, 6.07) is 30.6.